The average Bonchev–Trinajstić information content (AvgIpc) is 2.38. The highest BCUT2D eigenvalue weighted by Crippen LogP contribution is 2.12. The summed E-state index contributed by atoms with van der Waals surface area (Å²) in [5.41, 5.74) is 1.32. The highest BCUT2D eigenvalue weighted by atomic mass is 35.5. The van der Waals surface area contributed by atoms with Crippen molar-refractivity contribution in [2.45, 2.75) is 39.2 Å². The number of rotatable bonds is 9. The van der Waals surface area contributed by atoms with Gasteiger partial charge in [0.15, 0.2) is 0 Å². The van der Waals surface area contributed by atoms with E-state index in [-0.39, 0.29) is 0 Å². The molecule has 1 atom stereocenters. The molecule has 0 spiro atoms. The van der Waals surface area contributed by atoms with Crippen molar-refractivity contribution < 1.29 is 4.74 Å². The van der Waals surface area contributed by atoms with Crippen LogP contribution in [0.15, 0.2) is 24.3 Å². The molecule has 0 aliphatic heterocycles. The molecule has 1 N–H and O–H groups in total. The van der Waals surface area contributed by atoms with Gasteiger partial charge in [0.05, 0.1) is 0 Å². The third-order valence-electron chi connectivity index (χ3n) is 2.89. The molecule has 2 nitrogen and oxygen atoms in total. The molecule has 3 heteroatoms. The highest BCUT2D eigenvalue weighted by Gasteiger charge is 2.08. The lowest BCUT2D eigenvalue weighted by Gasteiger charge is -2.18. The van der Waals surface area contributed by atoms with Crippen molar-refractivity contribution in [2.24, 2.45) is 0 Å². The van der Waals surface area contributed by atoms with E-state index >= 15 is 0 Å². The van der Waals surface area contributed by atoms with Crippen LogP contribution in [0.3, 0.4) is 0 Å². The number of ether oxygens (including phenoxy) is 1. The van der Waals surface area contributed by atoms with Crippen molar-refractivity contribution in [2.75, 3.05) is 19.8 Å². The zero-order chi connectivity index (χ0) is 13.2. The Bertz CT molecular complexity index is 313. The second-order valence-corrected chi connectivity index (χ2v) is 4.90. The predicted octanol–water partition coefficient (Wildman–Crippen LogP) is 3.68. The van der Waals surface area contributed by atoms with E-state index in [1.165, 1.54) is 5.56 Å². The quantitative estimate of drug-likeness (QED) is 0.691. The van der Waals surface area contributed by atoms with Crippen LogP contribution in [0, 0.1) is 0 Å². The molecule has 0 saturated heterocycles. The summed E-state index contributed by atoms with van der Waals surface area (Å²) in [6.07, 6.45) is 3.24. The zero-order valence-corrected chi connectivity index (χ0v) is 12.2. The molecule has 0 radical (unpaired) electrons. The van der Waals surface area contributed by atoms with Gasteiger partial charge in [-0.25, -0.2) is 0 Å². The molecule has 102 valence electrons. The standard InChI is InChI=1S/C15H24ClNO/c1-3-10-17-15(9-11-18-4-2)12-13-5-7-14(16)8-6-13/h5-8,15,17H,3-4,9-12H2,1-2H3. The summed E-state index contributed by atoms with van der Waals surface area (Å²) in [4.78, 5) is 0. The zero-order valence-electron chi connectivity index (χ0n) is 11.4. The number of hydrogen-bond acceptors (Lipinski definition) is 2. The molecule has 0 aromatic heterocycles. The summed E-state index contributed by atoms with van der Waals surface area (Å²) < 4.78 is 5.44. The Hall–Kier alpha value is -0.570. The molecule has 0 amide bonds. The number of benzene rings is 1. The lowest BCUT2D eigenvalue weighted by Crippen LogP contribution is -2.33. The second-order valence-electron chi connectivity index (χ2n) is 4.47. The lowest BCUT2D eigenvalue weighted by atomic mass is 10.0. The second kappa shape index (κ2) is 9.37. The maximum absolute atomic E-state index is 5.90. The van der Waals surface area contributed by atoms with Gasteiger partial charge in [-0.1, -0.05) is 30.7 Å². The van der Waals surface area contributed by atoms with Crippen molar-refractivity contribution >= 4 is 11.6 Å². The Morgan fingerprint density at radius 1 is 1.22 bits per heavy atom. The smallest absolute Gasteiger partial charge is 0.0480 e. The van der Waals surface area contributed by atoms with E-state index in [0.717, 1.165) is 44.0 Å². The first-order valence-electron chi connectivity index (χ1n) is 6.81. The summed E-state index contributed by atoms with van der Waals surface area (Å²) in [5.74, 6) is 0. The van der Waals surface area contributed by atoms with Crippen molar-refractivity contribution in [1.29, 1.82) is 0 Å². The first-order chi connectivity index (χ1) is 8.76. The van der Waals surface area contributed by atoms with E-state index in [2.05, 4.69) is 24.4 Å². The summed E-state index contributed by atoms with van der Waals surface area (Å²) in [7, 11) is 0. The first-order valence-corrected chi connectivity index (χ1v) is 7.19. The number of nitrogens with one attached hydrogen (secondary N) is 1. The van der Waals surface area contributed by atoms with Crippen LogP contribution >= 0.6 is 11.6 Å². The van der Waals surface area contributed by atoms with E-state index < -0.39 is 0 Å². The molecule has 0 bridgehead atoms. The van der Waals surface area contributed by atoms with Gasteiger partial charge < -0.3 is 10.1 Å². The Labute approximate surface area is 116 Å². The summed E-state index contributed by atoms with van der Waals surface area (Å²) in [6, 6.07) is 8.59. The van der Waals surface area contributed by atoms with Gasteiger partial charge in [-0.05, 0) is 50.4 Å². The van der Waals surface area contributed by atoms with Gasteiger partial charge in [-0.15, -0.1) is 0 Å². The molecule has 1 rings (SSSR count). The molecule has 0 aliphatic rings. The molecule has 18 heavy (non-hydrogen) atoms. The lowest BCUT2D eigenvalue weighted by molar-refractivity contribution is 0.136. The maximum atomic E-state index is 5.90. The van der Waals surface area contributed by atoms with Gasteiger partial charge >= 0.3 is 0 Å². The highest BCUT2D eigenvalue weighted by molar-refractivity contribution is 6.30. The monoisotopic (exact) mass is 269 g/mol. The van der Waals surface area contributed by atoms with E-state index in [0.29, 0.717) is 6.04 Å². The average molecular weight is 270 g/mol. The van der Waals surface area contributed by atoms with Crippen LogP contribution in [0.2, 0.25) is 5.02 Å². The molecule has 0 fully saturated rings. The van der Waals surface area contributed by atoms with E-state index in [9.17, 15) is 0 Å². The minimum Gasteiger partial charge on any atom is -0.382 e. The molecule has 1 unspecified atom stereocenters. The molecule has 0 saturated carbocycles. The van der Waals surface area contributed by atoms with Crippen molar-refractivity contribution in [3.63, 3.8) is 0 Å². The molecule has 0 aliphatic carbocycles. The van der Waals surface area contributed by atoms with E-state index in [1.54, 1.807) is 0 Å². The van der Waals surface area contributed by atoms with Crippen molar-refractivity contribution in [3.05, 3.63) is 34.9 Å². The summed E-state index contributed by atoms with van der Waals surface area (Å²) in [6.45, 7) is 6.90. The van der Waals surface area contributed by atoms with Gasteiger partial charge in [0, 0.05) is 24.3 Å². The van der Waals surface area contributed by atoms with Gasteiger partial charge in [0.25, 0.3) is 0 Å². The van der Waals surface area contributed by atoms with Gasteiger partial charge in [-0.2, -0.15) is 0 Å². The Balaban J connectivity index is 2.45. The molecule has 1 aromatic rings. The predicted molar refractivity (Wildman–Crippen MR) is 78.3 cm³/mol. The third kappa shape index (κ3) is 6.39. The fourth-order valence-electron chi connectivity index (χ4n) is 1.90. The van der Waals surface area contributed by atoms with Crippen LogP contribution < -0.4 is 5.32 Å². The molecular formula is C15H24ClNO. The SMILES string of the molecule is CCCNC(CCOCC)Cc1ccc(Cl)cc1. The van der Waals surface area contributed by atoms with Crippen LogP contribution in [-0.4, -0.2) is 25.8 Å². The topological polar surface area (TPSA) is 21.3 Å². The summed E-state index contributed by atoms with van der Waals surface area (Å²) >= 11 is 5.90. The number of halogens is 1. The summed E-state index contributed by atoms with van der Waals surface area (Å²) in [5, 5.41) is 4.38. The molecular weight excluding hydrogens is 246 g/mol. The van der Waals surface area contributed by atoms with Crippen LogP contribution in [0.25, 0.3) is 0 Å². The van der Waals surface area contributed by atoms with Crippen LogP contribution in [0.5, 0.6) is 0 Å². The van der Waals surface area contributed by atoms with Crippen LogP contribution in [0.4, 0.5) is 0 Å². The van der Waals surface area contributed by atoms with E-state index in [4.69, 9.17) is 16.3 Å². The van der Waals surface area contributed by atoms with Gasteiger partial charge in [-0.3, -0.25) is 0 Å². The number of hydrogen-bond donors (Lipinski definition) is 1. The Morgan fingerprint density at radius 2 is 1.94 bits per heavy atom. The third-order valence-corrected chi connectivity index (χ3v) is 3.15. The van der Waals surface area contributed by atoms with E-state index in [1.807, 2.05) is 19.1 Å². The van der Waals surface area contributed by atoms with Crippen LogP contribution in [-0.2, 0) is 11.2 Å². The fourth-order valence-corrected chi connectivity index (χ4v) is 2.03. The molecule has 1 aromatic carbocycles. The normalized spacial score (nSPS) is 12.6. The Kier molecular flexibility index (Phi) is 8.06. The fraction of sp³-hybridized carbons (Fsp3) is 0.600. The van der Waals surface area contributed by atoms with Crippen molar-refractivity contribution in [1.82, 2.24) is 5.32 Å². The minimum atomic E-state index is 0.484. The largest absolute Gasteiger partial charge is 0.382 e. The van der Waals surface area contributed by atoms with Gasteiger partial charge in [0.2, 0.25) is 0 Å². The Morgan fingerprint density at radius 3 is 2.56 bits per heavy atom. The maximum Gasteiger partial charge on any atom is 0.0480 e. The van der Waals surface area contributed by atoms with Crippen molar-refractivity contribution in [3.8, 4) is 0 Å². The molecule has 0 heterocycles. The minimum absolute atomic E-state index is 0.484. The first kappa shape index (κ1) is 15.5. The van der Waals surface area contributed by atoms with Crippen LogP contribution in [0.1, 0.15) is 32.3 Å². The van der Waals surface area contributed by atoms with Gasteiger partial charge in [0.1, 0.15) is 0 Å².